The van der Waals surface area contributed by atoms with Crippen LogP contribution in [0.1, 0.15) is 30.1 Å². The Morgan fingerprint density at radius 3 is 2.76 bits per heavy atom. The molecule has 0 aromatic heterocycles. The normalized spacial score (nSPS) is 12.2. The van der Waals surface area contributed by atoms with Gasteiger partial charge in [-0.15, -0.1) is 0 Å². The number of nitrogens with one attached hydrogen (secondary N) is 1. The molecule has 5 heteroatoms. The van der Waals surface area contributed by atoms with E-state index in [0.29, 0.717) is 12.0 Å². The maximum Gasteiger partial charge on any atom is 0.252 e. The minimum Gasteiger partial charge on any atom is -0.391 e. The van der Waals surface area contributed by atoms with E-state index >= 15 is 0 Å². The van der Waals surface area contributed by atoms with Crippen molar-refractivity contribution >= 4 is 37.8 Å². The van der Waals surface area contributed by atoms with E-state index in [1.54, 1.807) is 6.07 Å². The Morgan fingerprint density at radius 2 is 2.18 bits per heavy atom. The molecule has 94 valence electrons. The van der Waals surface area contributed by atoms with Gasteiger partial charge in [0.2, 0.25) is 0 Å². The Balaban J connectivity index is 2.58. The lowest BCUT2D eigenvalue weighted by molar-refractivity contribution is 0.0909. The third-order valence-corrected chi connectivity index (χ3v) is 3.45. The Bertz CT molecular complexity index is 396. The zero-order valence-electron chi connectivity index (χ0n) is 9.54. The third-order valence-electron chi connectivity index (χ3n) is 2.30. The fraction of sp³-hybridized carbons (Fsp3) is 0.417. The molecular weight excluding hydrogens is 350 g/mol. The molecule has 0 bridgehead atoms. The topological polar surface area (TPSA) is 49.3 Å². The van der Waals surface area contributed by atoms with Gasteiger partial charge in [0, 0.05) is 15.5 Å². The van der Waals surface area contributed by atoms with E-state index in [-0.39, 0.29) is 12.5 Å². The molecule has 0 heterocycles. The first-order chi connectivity index (χ1) is 8.04. The second-order valence-corrected chi connectivity index (χ2v) is 5.55. The zero-order chi connectivity index (χ0) is 12.8. The average molecular weight is 365 g/mol. The minimum absolute atomic E-state index is 0.181. The van der Waals surface area contributed by atoms with Crippen molar-refractivity contribution in [3.63, 3.8) is 0 Å². The summed E-state index contributed by atoms with van der Waals surface area (Å²) >= 11 is 6.66. The predicted molar refractivity (Wildman–Crippen MR) is 75.1 cm³/mol. The molecular formula is C12H15Br2NO2. The van der Waals surface area contributed by atoms with Crippen molar-refractivity contribution in [1.29, 1.82) is 0 Å². The van der Waals surface area contributed by atoms with E-state index in [1.807, 2.05) is 19.1 Å². The van der Waals surface area contributed by atoms with Gasteiger partial charge < -0.3 is 10.4 Å². The van der Waals surface area contributed by atoms with Crippen molar-refractivity contribution in [2.45, 2.75) is 25.9 Å². The highest BCUT2D eigenvalue weighted by Gasteiger charge is 2.11. The number of aliphatic hydroxyl groups is 1. The maximum atomic E-state index is 11.8. The van der Waals surface area contributed by atoms with Crippen molar-refractivity contribution in [1.82, 2.24) is 5.32 Å². The van der Waals surface area contributed by atoms with Crippen LogP contribution < -0.4 is 5.32 Å². The quantitative estimate of drug-likeness (QED) is 0.843. The number of halogens is 2. The molecule has 0 fully saturated rings. The summed E-state index contributed by atoms with van der Waals surface area (Å²) in [5.74, 6) is -0.181. The van der Waals surface area contributed by atoms with Gasteiger partial charge in [0.1, 0.15) is 0 Å². The molecule has 1 aromatic rings. The number of amides is 1. The van der Waals surface area contributed by atoms with Crippen LogP contribution >= 0.6 is 31.9 Å². The highest BCUT2D eigenvalue weighted by atomic mass is 79.9. The zero-order valence-corrected chi connectivity index (χ0v) is 12.7. The molecule has 17 heavy (non-hydrogen) atoms. The Kier molecular flexibility index (Phi) is 6.16. The van der Waals surface area contributed by atoms with E-state index in [1.165, 1.54) is 0 Å². The predicted octanol–water partition coefficient (Wildman–Crippen LogP) is 3.10. The molecule has 1 amide bonds. The van der Waals surface area contributed by atoms with Crippen molar-refractivity contribution in [2.75, 3.05) is 6.54 Å². The van der Waals surface area contributed by atoms with Crippen LogP contribution in [0.25, 0.3) is 0 Å². The van der Waals surface area contributed by atoms with Crippen LogP contribution in [-0.4, -0.2) is 23.7 Å². The molecule has 0 aliphatic carbocycles. The summed E-state index contributed by atoms with van der Waals surface area (Å²) in [6.45, 7) is 2.28. The summed E-state index contributed by atoms with van der Waals surface area (Å²) in [6, 6.07) is 5.36. The molecule has 0 radical (unpaired) electrons. The summed E-state index contributed by atoms with van der Waals surface area (Å²) in [4.78, 5) is 11.8. The maximum absolute atomic E-state index is 11.8. The minimum atomic E-state index is -0.474. The third kappa shape index (κ3) is 4.77. The van der Waals surface area contributed by atoms with Gasteiger partial charge in [0.05, 0.1) is 11.7 Å². The lowest BCUT2D eigenvalue weighted by Crippen LogP contribution is -2.32. The second-order valence-electron chi connectivity index (χ2n) is 3.78. The number of aliphatic hydroxyl groups excluding tert-OH is 1. The Labute approximate surface area is 118 Å². The molecule has 3 nitrogen and oxygen atoms in total. The highest BCUT2D eigenvalue weighted by Crippen LogP contribution is 2.21. The summed E-state index contributed by atoms with van der Waals surface area (Å²) < 4.78 is 1.64. The van der Waals surface area contributed by atoms with Crippen LogP contribution in [0.3, 0.4) is 0 Å². The van der Waals surface area contributed by atoms with Gasteiger partial charge in [0.25, 0.3) is 5.91 Å². The van der Waals surface area contributed by atoms with Crippen LogP contribution in [0.2, 0.25) is 0 Å². The largest absolute Gasteiger partial charge is 0.391 e. The van der Waals surface area contributed by atoms with Crippen molar-refractivity contribution in [2.24, 2.45) is 0 Å². The monoisotopic (exact) mass is 363 g/mol. The SMILES string of the molecule is CCCC(O)CNC(=O)c1ccc(Br)cc1Br. The van der Waals surface area contributed by atoms with Gasteiger partial charge in [-0.2, -0.15) is 0 Å². The smallest absolute Gasteiger partial charge is 0.252 e. The van der Waals surface area contributed by atoms with Crippen molar-refractivity contribution in [3.8, 4) is 0 Å². The molecule has 1 rings (SSSR count). The number of hydrogen-bond acceptors (Lipinski definition) is 2. The summed E-state index contributed by atoms with van der Waals surface area (Å²) in [7, 11) is 0. The fourth-order valence-electron chi connectivity index (χ4n) is 1.41. The summed E-state index contributed by atoms with van der Waals surface area (Å²) in [6.07, 6.45) is 1.12. The molecule has 0 saturated carbocycles. The van der Waals surface area contributed by atoms with Crippen LogP contribution in [0.15, 0.2) is 27.1 Å². The van der Waals surface area contributed by atoms with Gasteiger partial charge in [-0.3, -0.25) is 4.79 Å². The van der Waals surface area contributed by atoms with Gasteiger partial charge in [0.15, 0.2) is 0 Å². The fourth-order valence-corrected chi connectivity index (χ4v) is 2.64. The molecule has 1 atom stereocenters. The van der Waals surface area contributed by atoms with Crippen LogP contribution in [0.4, 0.5) is 0 Å². The lowest BCUT2D eigenvalue weighted by Gasteiger charge is -2.11. The van der Waals surface area contributed by atoms with Gasteiger partial charge in [-0.1, -0.05) is 29.3 Å². The average Bonchev–Trinajstić information content (AvgIpc) is 2.26. The second kappa shape index (κ2) is 7.13. The lowest BCUT2D eigenvalue weighted by atomic mass is 10.2. The van der Waals surface area contributed by atoms with E-state index in [2.05, 4.69) is 37.2 Å². The number of hydrogen-bond donors (Lipinski definition) is 2. The van der Waals surface area contributed by atoms with E-state index in [9.17, 15) is 9.90 Å². The molecule has 0 saturated heterocycles. The molecule has 2 N–H and O–H groups in total. The van der Waals surface area contributed by atoms with Crippen LogP contribution in [-0.2, 0) is 0 Å². The molecule has 0 aliphatic rings. The van der Waals surface area contributed by atoms with Crippen LogP contribution in [0.5, 0.6) is 0 Å². The summed E-state index contributed by atoms with van der Waals surface area (Å²) in [5.41, 5.74) is 0.567. The number of rotatable bonds is 5. The van der Waals surface area contributed by atoms with Crippen molar-refractivity contribution in [3.05, 3.63) is 32.7 Å². The first-order valence-corrected chi connectivity index (χ1v) is 7.04. The molecule has 1 unspecified atom stereocenters. The summed E-state index contributed by atoms with van der Waals surface area (Å²) in [5, 5.41) is 12.2. The van der Waals surface area contributed by atoms with E-state index in [0.717, 1.165) is 15.4 Å². The number of carbonyl (C=O) groups is 1. The number of carbonyl (C=O) groups excluding carboxylic acids is 1. The molecule has 0 aliphatic heterocycles. The molecule has 1 aromatic carbocycles. The van der Waals surface area contributed by atoms with Crippen LogP contribution in [0, 0.1) is 0 Å². The number of benzene rings is 1. The Hall–Kier alpha value is -0.390. The van der Waals surface area contributed by atoms with Crippen molar-refractivity contribution < 1.29 is 9.90 Å². The van der Waals surface area contributed by atoms with E-state index < -0.39 is 6.10 Å². The Morgan fingerprint density at radius 1 is 1.47 bits per heavy atom. The molecule has 0 spiro atoms. The highest BCUT2D eigenvalue weighted by molar-refractivity contribution is 9.11. The first kappa shape index (κ1) is 14.7. The van der Waals surface area contributed by atoms with Gasteiger partial charge >= 0.3 is 0 Å². The van der Waals surface area contributed by atoms with E-state index in [4.69, 9.17) is 0 Å². The first-order valence-electron chi connectivity index (χ1n) is 5.46. The standard InChI is InChI=1S/C12H15Br2NO2/c1-2-3-9(16)7-15-12(17)10-5-4-8(13)6-11(10)14/h4-6,9,16H,2-3,7H2,1H3,(H,15,17). The van der Waals surface area contributed by atoms with Gasteiger partial charge in [-0.25, -0.2) is 0 Å². The van der Waals surface area contributed by atoms with Gasteiger partial charge in [-0.05, 0) is 40.5 Å².